The molecule has 1 heterocycles. The summed E-state index contributed by atoms with van der Waals surface area (Å²) in [5.74, 6) is -1.08. The molecule has 2 rings (SSSR count). The third-order valence-electron chi connectivity index (χ3n) is 3.38. The van der Waals surface area contributed by atoms with E-state index in [0.29, 0.717) is 24.3 Å². The smallest absolute Gasteiger partial charge is 0.167 e. The molecule has 0 aliphatic carbocycles. The van der Waals surface area contributed by atoms with Gasteiger partial charge in [0, 0.05) is 11.6 Å². The molecule has 0 radical (unpaired) electrons. The third kappa shape index (κ3) is 3.61. The summed E-state index contributed by atoms with van der Waals surface area (Å²) in [5, 5.41) is 13.1. The van der Waals surface area contributed by atoms with Gasteiger partial charge in [0.05, 0.1) is 24.3 Å². The number of aryl methyl sites for hydroxylation is 2. The van der Waals surface area contributed by atoms with Crippen molar-refractivity contribution in [2.45, 2.75) is 32.6 Å². The molecule has 0 spiro atoms. The SMILES string of the molecule is Cc1noc(C)c1C(C#N)CCCOc1ccc(F)cc1F. The highest BCUT2D eigenvalue weighted by Crippen LogP contribution is 2.27. The molecule has 0 aliphatic heterocycles. The van der Waals surface area contributed by atoms with Crippen LogP contribution in [0.3, 0.4) is 0 Å². The molecule has 1 aromatic carbocycles. The van der Waals surface area contributed by atoms with E-state index < -0.39 is 11.6 Å². The van der Waals surface area contributed by atoms with Gasteiger partial charge in [-0.3, -0.25) is 0 Å². The Morgan fingerprint density at radius 3 is 2.73 bits per heavy atom. The van der Waals surface area contributed by atoms with Gasteiger partial charge in [-0.1, -0.05) is 5.16 Å². The number of aromatic nitrogens is 1. The van der Waals surface area contributed by atoms with E-state index in [1.54, 1.807) is 13.8 Å². The minimum atomic E-state index is -0.734. The molecule has 0 amide bonds. The largest absolute Gasteiger partial charge is 0.491 e. The van der Waals surface area contributed by atoms with Crippen molar-refractivity contribution in [2.24, 2.45) is 0 Å². The van der Waals surface area contributed by atoms with E-state index in [0.717, 1.165) is 17.7 Å². The minimum Gasteiger partial charge on any atom is -0.491 e. The molecular weight excluding hydrogens is 290 g/mol. The molecule has 6 heteroatoms. The number of nitrogens with zero attached hydrogens (tertiary/aromatic N) is 2. The number of benzene rings is 1. The topological polar surface area (TPSA) is 59.0 Å². The second kappa shape index (κ2) is 7.03. The first-order chi connectivity index (χ1) is 10.5. The maximum absolute atomic E-state index is 13.4. The first kappa shape index (κ1) is 16.0. The molecule has 0 aliphatic rings. The van der Waals surface area contributed by atoms with Crippen molar-refractivity contribution < 1.29 is 18.0 Å². The van der Waals surface area contributed by atoms with Crippen LogP contribution in [0.5, 0.6) is 5.75 Å². The van der Waals surface area contributed by atoms with Crippen molar-refractivity contribution in [1.82, 2.24) is 5.16 Å². The maximum atomic E-state index is 13.4. The molecule has 116 valence electrons. The van der Waals surface area contributed by atoms with Gasteiger partial charge in [0.15, 0.2) is 11.6 Å². The normalized spacial score (nSPS) is 12.0. The Balaban J connectivity index is 1.89. The molecule has 0 bridgehead atoms. The number of halogens is 2. The zero-order chi connectivity index (χ0) is 16.1. The first-order valence-electron chi connectivity index (χ1n) is 6.93. The van der Waals surface area contributed by atoms with Crippen LogP contribution in [0.2, 0.25) is 0 Å². The molecule has 22 heavy (non-hydrogen) atoms. The van der Waals surface area contributed by atoms with Gasteiger partial charge in [-0.05, 0) is 38.8 Å². The van der Waals surface area contributed by atoms with Crippen molar-refractivity contribution >= 4 is 0 Å². The fourth-order valence-electron chi connectivity index (χ4n) is 2.32. The molecule has 0 saturated carbocycles. The first-order valence-corrected chi connectivity index (χ1v) is 6.93. The van der Waals surface area contributed by atoms with Crippen LogP contribution in [-0.4, -0.2) is 11.8 Å². The van der Waals surface area contributed by atoms with E-state index in [4.69, 9.17) is 9.26 Å². The summed E-state index contributed by atoms with van der Waals surface area (Å²) in [6.07, 6.45) is 1.10. The Morgan fingerprint density at radius 1 is 1.36 bits per heavy atom. The monoisotopic (exact) mass is 306 g/mol. The van der Waals surface area contributed by atoms with Gasteiger partial charge < -0.3 is 9.26 Å². The number of hydrogen-bond acceptors (Lipinski definition) is 4. The van der Waals surface area contributed by atoms with Crippen molar-refractivity contribution in [3.8, 4) is 11.8 Å². The lowest BCUT2D eigenvalue weighted by Gasteiger charge is -2.10. The van der Waals surface area contributed by atoms with Crippen molar-refractivity contribution in [3.63, 3.8) is 0 Å². The van der Waals surface area contributed by atoms with Gasteiger partial charge in [0.2, 0.25) is 0 Å². The fourth-order valence-corrected chi connectivity index (χ4v) is 2.32. The van der Waals surface area contributed by atoms with Gasteiger partial charge in [0.25, 0.3) is 0 Å². The van der Waals surface area contributed by atoms with E-state index in [1.165, 1.54) is 6.07 Å². The van der Waals surface area contributed by atoms with E-state index in [-0.39, 0.29) is 18.3 Å². The third-order valence-corrected chi connectivity index (χ3v) is 3.38. The number of hydrogen-bond donors (Lipinski definition) is 0. The lowest BCUT2D eigenvalue weighted by molar-refractivity contribution is 0.289. The summed E-state index contributed by atoms with van der Waals surface area (Å²) < 4.78 is 36.5. The predicted octanol–water partition coefficient (Wildman–Crippen LogP) is 4.04. The van der Waals surface area contributed by atoms with Crippen molar-refractivity contribution in [3.05, 3.63) is 46.9 Å². The van der Waals surface area contributed by atoms with Crippen LogP contribution in [0.15, 0.2) is 22.7 Å². The Kier molecular flexibility index (Phi) is 5.10. The summed E-state index contributed by atoms with van der Waals surface area (Å²) in [7, 11) is 0. The highest BCUT2D eigenvalue weighted by atomic mass is 19.1. The Bertz CT molecular complexity index is 672. The molecule has 0 saturated heterocycles. The Labute approximate surface area is 127 Å². The van der Waals surface area contributed by atoms with Crippen LogP contribution >= 0.6 is 0 Å². The number of nitriles is 1. The summed E-state index contributed by atoms with van der Waals surface area (Å²) in [6, 6.07) is 5.39. The Hall–Kier alpha value is -2.42. The maximum Gasteiger partial charge on any atom is 0.167 e. The zero-order valence-corrected chi connectivity index (χ0v) is 12.4. The van der Waals surface area contributed by atoms with E-state index in [1.807, 2.05) is 0 Å². The highest BCUT2D eigenvalue weighted by Gasteiger charge is 2.19. The molecule has 4 nitrogen and oxygen atoms in total. The van der Waals surface area contributed by atoms with Crippen LogP contribution in [0, 0.1) is 36.8 Å². The lowest BCUT2D eigenvalue weighted by atomic mass is 9.94. The molecular formula is C16H16F2N2O2. The van der Waals surface area contributed by atoms with Gasteiger partial charge in [0.1, 0.15) is 11.6 Å². The summed E-state index contributed by atoms with van der Waals surface area (Å²) >= 11 is 0. The highest BCUT2D eigenvalue weighted by molar-refractivity contribution is 5.30. The quantitative estimate of drug-likeness (QED) is 0.756. The minimum absolute atomic E-state index is 0.00671. The fraction of sp³-hybridized carbons (Fsp3) is 0.375. The van der Waals surface area contributed by atoms with Crippen LogP contribution < -0.4 is 4.74 Å². The summed E-state index contributed by atoms with van der Waals surface area (Å²) in [4.78, 5) is 0. The van der Waals surface area contributed by atoms with E-state index >= 15 is 0 Å². The van der Waals surface area contributed by atoms with Gasteiger partial charge in [-0.2, -0.15) is 5.26 Å². The molecule has 0 N–H and O–H groups in total. The molecule has 2 aromatic rings. The van der Waals surface area contributed by atoms with E-state index in [9.17, 15) is 14.0 Å². The van der Waals surface area contributed by atoms with Crippen LogP contribution in [0.1, 0.15) is 35.8 Å². The zero-order valence-electron chi connectivity index (χ0n) is 12.4. The van der Waals surface area contributed by atoms with Gasteiger partial charge >= 0.3 is 0 Å². The molecule has 0 fully saturated rings. The molecule has 1 unspecified atom stereocenters. The molecule has 1 atom stereocenters. The number of ether oxygens (including phenoxy) is 1. The average molecular weight is 306 g/mol. The van der Waals surface area contributed by atoms with Gasteiger partial charge in [-0.25, -0.2) is 8.78 Å². The standard InChI is InChI=1S/C16H16F2N2O2/c1-10-16(11(2)22-20-10)12(9-19)4-3-7-21-15-6-5-13(17)8-14(15)18/h5-6,8,12H,3-4,7H2,1-2H3. The summed E-state index contributed by atoms with van der Waals surface area (Å²) in [5.41, 5.74) is 1.50. The molecule has 1 aromatic heterocycles. The predicted molar refractivity (Wildman–Crippen MR) is 75.4 cm³/mol. The number of rotatable bonds is 6. The second-order valence-electron chi connectivity index (χ2n) is 4.98. The van der Waals surface area contributed by atoms with E-state index in [2.05, 4.69) is 11.2 Å². The van der Waals surface area contributed by atoms with Crippen molar-refractivity contribution in [2.75, 3.05) is 6.61 Å². The summed E-state index contributed by atoms with van der Waals surface area (Å²) in [6.45, 7) is 3.80. The lowest BCUT2D eigenvalue weighted by Crippen LogP contribution is -2.04. The average Bonchev–Trinajstić information content (AvgIpc) is 2.81. The van der Waals surface area contributed by atoms with Crippen LogP contribution in [0.4, 0.5) is 8.78 Å². The van der Waals surface area contributed by atoms with Crippen LogP contribution in [0.25, 0.3) is 0 Å². The van der Waals surface area contributed by atoms with Gasteiger partial charge in [-0.15, -0.1) is 0 Å². The van der Waals surface area contributed by atoms with Crippen LogP contribution in [-0.2, 0) is 0 Å². The Morgan fingerprint density at radius 2 is 2.14 bits per heavy atom. The second-order valence-corrected chi connectivity index (χ2v) is 4.98. The van der Waals surface area contributed by atoms with Crippen molar-refractivity contribution in [1.29, 1.82) is 5.26 Å².